The van der Waals surface area contributed by atoms with E-state index in [0.29, 0.717) is 16.3 Å². The van der Waals surface area contributed by atoms with Gasteiger partial charge in [-0.25, -0.2) is 0 Å². The van der Waals surface area contributed by atoms with Gasteiger partial charge in [-0.1, -0.05) is 29.8 Å². The van der Waals surface area contributed by atoms with Crippen LogP contribution >= 0.6 is 27.5 Å². The fraction of sp³-hybridized carbons (Fsp3) is 0.188. The second-order valence-electron chi connectivity index (χ2n) is 4.57. The van der Waals surface area contributed by atoms with Crippen LogP contribution in [0.3, 0.4) is 0 Å². The first-order valence-corrected chi connectivity index (χ1v) is 7.59. The van der Waals surface area contributed by atoms with E-state index >= 15 is 0 Å². The number of amides is 1. The maximum atomic E-state index is 12.3. The number of nitrogens with one attached hydrogen (secondary N) is 1. The van der Waals surface area contributed by atoms with E-state index in [0.717, 1.165) is 10.0 Å². The molecule has 1 N–H and O–H groups in total. The number of benzene rings is 2. The summed E-state index contributed by atoms with van der Waals surface area (Å²) >= 11 is 9.51. The third-order valence-corrected chi connectivity index (χ3v) is 4.10. The average Bonchev–Trinajstić information content (AvgIpc) is 2.47. The lowest BCUT2D eigenvalue weighted by Crippen LogP contribution is -2.26. The third-order valence-electron chi connectivity index (χ3n) is 3.13. The highest BCUT2D eigenvalue weighted by atomic mass is 79.9. The van der Waals surface area contributed by atoms with E-state index in [4.69, 9.17) is 16.3 Å². The van der Waals surface area contributed by atoms with E-state index in [1.165, 1.54) is 0 Å². The van der Waals surface area contributed by atoms with Gasteiger partial charge in [0.2, 0.25) is 0 Å². The van der Waals surface area contributed by atoms with Gasteiger partial charge in [0.15, 0.2) is 0 Å². The topological polar surface area (TPSA) is 38.3 Å². The van der Waals surface area contributed by atoms with Crippen molar-refractivity contribution in [2.75, 3.05) is 7.11 Å². The summed E-state index contributed by atoms with van der Waals surface area (Å²) in [6.07, 6.45) is 0. The number of carbonyl (C=O) groups excluding carboxylic acids is 1. The number of methoxy groups -OCH3 is 1. The third kappa shape index (κ3) is 3.77. The zero-order chi connectivity index (χ0) is 15.4. The molecule has 0 heterocycles. The van der Waals surface area contributed by atoms with E-state index in [9.17, 15) is 4.79 Å². The molecule has 1 atom stereocenters. The molecule has 0 aliphatic heterocycles. The summed E-state index contributed by atoms with van der Waals surface area (Å²) in [7, 11) is 1.58. The van der Waals surface area contributed by atoms with Crippen LogP contribution in [0.15, 0.2) is 46.9 Å². The van der Waals surface area contributed by atoms with Crippen molar-refractivity contribution in [2.45, 2.75) is 13.0 Å². The molecule has 1 amide bonds. The summed E-state index contributed by atoms with van der Waals surface area (Å²) in [5, 5.41) is 3.57. The number of halogens is 2. The highest BCUT2D eigenvalue weighted by molar-refractivity contribution is 9.10. The first-order valence-electron chi connectivity index (χ1n) is 6.41. The standard InChI is InChI=1S/C16H15BrClNO2/c1-10(12-5-3-4-6-14(12)18)19-16(20)11-7-8-15(21-2)13(17)9-11/h3-10H,1-2H3,(H,19,20). The van der Waals surface area contributed by atoms with Crippen molar-refractivity contribution >= 4 is 33.4 Å². The van der Waals surface area contributed by atoms with Crippen molar-refractivity contribution in [2.24, 2.45) is 0 Å². The molecule has 0 aliphatic rings. The molecule has 0 spiro atoms. The van der Waals surface area contributed by atoms with Gasteiger partial charge >= 0.3 is 0 Å². The van der Waals surface area contributed by atoms with Gasteiger partial charge in [0, 0.05) is 10.6 Å². The lowest BCUT2D eigenvalue weighted by atomic mass is 10.1. The monoisotopic (exact) mass is 367 g/mol. The van der Waals surface area contributed by atoms with Gasteiger partial charge in [0.1, 0.15) is 5.75 Å². The molecule has 0 aromatic heterocycles. The van der Waals surface area contributed by atoms with E-state index in [-0.39, 0.29) is 11.9 Å². The molecular weight excluding hydrogens is 354 g/mol. The summed E-state index contributed by atoms with van der Waals surface area (Å²) in [4.78, 5) is 12.3. The van der Waals surface area contributed by atoms with Gasteiger partial charge in [0.05, 0.1) is 17.6 Å². The Hall–Kier alpha value is -1.52. The van der Waals surface area contributed by atoms with Crippen LogP contribution in [0.2, 0.25) is 5.02 Å². The number of hydrogen-bond acceptors (Lipinski definition) is 2. The van der Waals surface area contributed by atoms with Crippen LogP contribution in [0.25, 0.3) is 0 Å². The Morgan fingerprint density at radius 2 is 2.00 bits per heavy atom. The molecule has 0 fully saturated rings. The molecule has 3 nitrogen and oxygen atoms in total. The summed E-state index contributed by atoms with van der Waals surface area (Å²) in [5.41, 5.74) is 1.45. The second kappa shape index (κ2) is 6.96. The molecule has 21 heavy (non-hydrogen) atoms. The molecule has 2 aromatic carbocycles. The molecule has 2 aromatic rings. The molecule has 0 bridgehead atoms. The molecule has 0 aliphatic carbocycles. The maximum Gasteiger partial charge on any atom is 0.251 e. The Labute approximate surface area is 137 Å². The molecular formula is C16H15BrClNO2. The normalized spacial score (nSPS) is 11.8. The van der Waals surface area contributed by atoms with Crippen LogP contribution in [-0.2, 0) is 0 Å². The summed E-state index contributed by atoms with van der Waals surface area (Å²) in [6, 6.07) is 12.5. The van der Waals surface area contributed by atoms with Crippen LogP contribution in [0, 0.1) is 0 Å². The lowest BCUT2D eigenvalue weighted by molar-refractivity contribution is 0.0940. The van der Waals surface area contributed by atoms with Crippen LogP contribution in [0.5, 0.6) is 5.75 Å². The van der Waals surface area contributed by atoms with Crippen molar-refractivity contribution in [1.29, 1.82) is 0 Å². The predicted molar refractivity (Wildman–Crippen MR) is 88.0 cm³/mol. The largest absolute Gasteiger partial charge is 0.496 e. The molecule has 2 rings (SSSR count). The van der Waals surface area contributed by atoms with Crippen LogP contribution in [0.1, 0.15) is 28.9 Å². The zero-order valence-electron chi connectivity index (χ0n) is 11.7. The second-order valence-corrected chi connectivity index (χ2v) is 5.83. The lowest BCUT2D eigenvalue weighted by Gasteiger charge is -2.16. The highest BCUT2D eigenvalue weighted by Gasteiger charge is 2.14. The van der Waals surface area contributed by atoms with Gasteiger partial charge in [-0.3, -0.25) is 4.79 Å². The minimum Gasteiger partial charge on any atom is -0.496 e. The molecule has 1 unspecified atom stereocenters. The van der Waals surface area contributed by atoms with Crippen LogP contribution in [0.4, 0.5) is 0 Å². The van der Waals surface area contributed by atoms with Crippen molar-refractivity contribution in [3.63, 3.8) is 0 Å². The number of hydrogen-bond donors (Lipinski definition) is 1. The quantitative estimate of drug-likeness (QED) is 0.856. The zero-order valence-corrected chi connectivity index (χ0v) is 14.0. The van der Waals surface area contributed by atoms with Crippen molar-refractivity contribution in [3.8, 4) is 5.75 Å². The van der Waals surface area contributed by atoms with E-state index < -0.39 is 0 Å². The molecule has 0 saturated heterocycles. The van der Waals surface area contributed by atoms with Gasteiger partial charge < -0.3 is 10.1 Å². The smallest absolute Gasteiger partial charge is 0.251 e. The van der Waals surface area contributed by atoms with Crippen molar-refractivity contribution < 1.29 is 9.53 Å². The van der Waals surface area contributed by atoms with Crippen LogP contribution < -0.4 is 10.1 Å². The average molecular weight is 369 g/mol. The maximum absolute atomic E-state index is 12.3. The van der Waals surface area contributed by atoms with Gasteiger partial charge in [0.25, 0.3) is 5.91 Å². The van der Waals surface area contributed by atoms with Gasteiger partial charge in [-0.15, -0.1) is 0 Å². The number of rotatable bonds is 4. The van der Waals surface area contributed by atoms with E-state index in [1.54, 1.807) is 25.3 Å². The SMILES string of the molecule is COc1ccc(C(=O)NC(C)c2ccccc2Cl)cc1Br. The Bertz CT molecular complexity index is 660. The van der Waals surface area contributed by atoms with Crippen molar-refractivity contribution in [1.82, 2.24) is 5.32 Å². The molecule has 110 valence electrons. The fourth-order valence-corrected chi connectivity index (χ4v) is 2.83. The Morgan fingerprint density at radius 3 is 2.62 bits per heavy atom. The van der Waals surface area contributed by atoms with Gasteiger partial charge in [-0.05, 0) is 52.7 Å². The molecule has 0 radical (unpaired) electrons. The molecule has 5 heteroatoms. The highest BCUT2D eigenvalue weighted by Crippen LogP contribution is 2.26. The summed E-state index contributed by atoms with van der Waals surface area (Å²) in [6.45, 7) is 1.90. The minimum atomic E-state index is -0.174. The van der Waals surface area contributed by atoms with Gasteiger partial charge in [-0.2, -0.15) is 0 Å². The van der Waals surface area contributed by atoms with E-state index in [2.05, 4.69) is 21.2 Å². The van der Waals surface area contributed by atoms with Crippen LogP contribution in [-0.4, -0.2) is 13.0 Å². The van der Waals surface area contributed by atoms with E-state index in [1.807, 2.05) is 31.2 Å². The fourth-order valence-electron chi connectivity index (χ4n) is 1.99. The first-order chi connectivity index (χ1) is 10.0. The molecule has 0 saturated carbocycles. The Kier molecular flexibility index (Phi) is 5.26. The summed E-state index contributed by atoms with van der Waals surface area (Å²) in [5.74, 6) is 0.525. The Balaban J connectivity index is 2.14. The minimum absolute atomic E-state index is 0.161. The Morgan fingerprint density at radius 1 is 1.29 bits per heavy atom. The number of carbonyl (C=O) groups is 1. The number of ether oxygens (including phenoxy) is 1. The predicted octanol–water partition coefficient (Wildman–Crippen LogP) is 4.60. The van der Waals surface area contributed by atoms with Crippen molar-refractivity contribution in [3.05, 3.63) is 63.1 Å². The summed E-state index contributed by atoms with van der Waals surface area (Å²) < 4.78 is 5.89. The first kappa shape index (κ1) is 15.9.